The molecular formula is C31H47ClN4O7S2. The maximum absolute atomic E-state index is 13.9. The number of nitrogens with one attached hydrogen (secondary N) is 1. The second kappa shape index (κ2) is 17.1. The summed E-state index contributed by atoms with van der Waals surface area (Å²) in [6.07, 6.45) is 4.25. The second-order valence-corrected chi connectivity index (χ2v) is 12.1. The fourth-order valence-corrected chi connectivity index (χ4v) is 5.32. The Balaban J connectivity index is 0.00000337. The Kier molecular flexibility index (Phi) is 15.3. The number of halogens is 1. The Bertz CT molecular complexity index is 1340. The first kappa shape index (κ1) is 40.1. The van der Waals surface area contributed by atoms with Crippen molar-refractivity contribution in [3.63, 3.8) is 0 Å². The maximum atomic E-state index is 13.9. The van der Waals surface area contributed by atoms with E-state index in [1.807, 2.05) is 26.8 Å². The van der Waals surface area contributed by atoms with Gasteiger partial charge in [0.1, 0.15) is 30.0 Å². The van der Waals surface area contributed by atoms with E-state index in [1.54, 1.807) is 25.3 Å². The van der Waals surface area contributed by atoms with E-state index in [2.05, 4.69) is 21.9 Å². The molecule has 0 bridgehead atoms. The number of rotatable bonds is 11. The van der Waals surface area contributed by atoms with Crippen molar-refractivity contribution in [2.45, 2.75) is 84.6 Å². The lowest BCUT2D eigenvalue weighted by atomic mass is 9.85. The van der Waals surface area contributed by atoms with Crippen molar-refractivity contribution >= 4 is 67.6 Å². The monoisotopic (exact) mass is 686 g/mol. The van der Waals surface area contributed by atoms with E-state index in [9.17, 15) is 14.4 Å². The van der Waals surface area contributed by atoms with Crippen molar-refractivity contribution in [3.8, 4) is 11.6 Å². The second-order valence-electron chi connectivity index (χ2n) is 11.8. The average Bonchev–Trinajstić information content (AvgIpc) is 3.54. The molecule has 2 fully saturated rings. The molecule has 14 heteroatoms. The number of likely N-dealkylation sites (tertiary alicyclic amines) is 1. The van der Waals surface area contributed by atoms with Gasteiger partial charge in [-0.3, -0.25) is 4.79 Å². The number of nitrogens with zero attached hydrogens (tertiary/aromatic N) is 3. The topological polar surface area (TPSA) is 129 Å². The van der Waals surface area contributed by atoms with Crippen LogP contribution in [0.3, 0.4) is 0 Å². The highest BCUT2D eigenvalue weighted by atomic mass is 35.5. The molecule has 5 atom stereocenters. The number of carbonyl (C=O) groups is 3. The van der Waals surface area contributed by atoms with E-state index in [0.29, 0.717) is 22.7 Å². The van der Waals surface area contributed by atoms with Gasteiger partial charge in [0.05, 0.1) is 31.8 Å². The number of unbranched alkanes of at least 4 members (excludes halogenated alkanes) is 1. The Morgan fingerprint density at radius 3 is 2.49 bits per heavy atom. The summed E-state index contributed by atoms with van der Waals surface area (Å²) in [6.45, 7) is 9.28. The lowest BCUT2D eigenvalue weighted by Gasteiger charge is -2.34. The normalized spacial score (nSPS) is 20.8. The third-order valence-corrected chi connectivity index (χ3v) is 7.82. The lowest BCUT2D eigenvalue weighted by molar-refractivity contribution is -0.152. The molecule has 4 rings (SSSR count). The number of amides is 2. The van der Waals surface area contributed by atoms with Crippen molar-refractivity contribution in [2.75, 3.05) is 20.8 Å². The van der Waals surface area contributed by atoms with Crippen molar-refractivity contribution in [1.82, 2.24) is 20.2 Å². The molecule has 252 valence electrons. The molecule has 1 aromatic carbocycles. The summed E-state index contributed by atoms with van der Waals surface area (Å²) >= 11 is 6.37. The van der Waals surface area contributed by atoms with E-state index >= 15 is 0 Å². The molecule has 1 saturated carbocycles. The fourth-order valence-electron chi connectivity index (χ4n) is 5.14. The number of fused-ring (bicyclic) bond motifs is 1. The van der Waals surface area contributed by atoms with Crippen LogP contribution in [0.1, 0.15) is 60.3 Å². The Morgan fingerprint density at radius 2 is 1.87 bits per heavy atom. The van der Waals surface area contributed by atoms with E-state index in [1.165, 1.54) is 12.0 Å². The van der Waals surface area contributed by atoms with Crippen LogP contribution in [-0.4, -0.2) is 77.9 Å². The van der Waals surface area contributed by atoms with Gasteiger partial charge in [-0.2, -0.15) is 27.0 Å². The first-order chi connectivity index (χ1) is 19.9. The predicted octanol–water partition coefficient (Wildman–Crippen LogP) is 5.56. The van der Waals surface area contributed by atoms with Gasteiger partial charge < -0.3 is 29.2 Å². The van der Waals surface area contributed by atoms with Gasteiger partial charge in [0.25, 0.3) is 5.88 Å². The molecule has 1 aliphatic carbocycles. The minimum Gasteiger partial charge on any atom is -0.497 e. The van der Waals surface area contributed by atoms with Gasteiger partial charge in [0.2, 0.25) is 5.91 Å². The molecular weight excluding hydrogens is 640 g/mol. The number of aromatic nitrogens is 2. The zero-order valence-electron chi connectivity index (χ0n) is 25.7. The van der Waals surface area contributed by atoms with Gasteiger partial charge in [-0.05, 0) is 49.1 Å². The molecule has 2 heterocycles. The first-order valence-electron chi connectivity index (χ1n) is 14.1. The lowest BCUT2D eigenvalue weighted by Crippen LogP contribution is -2.57. The average molecular weight is 687 g/mol. The van der Waals surface area contributed by atoms with E-state index < -0.39 is 41.6 Å². The van der Waals surface area contributed by atoms with Crippen LogP contribution in [0.2, 0.25) is 5.15 Å². The smallest absolute Gasteiger partial charge is 0.408 e. The molecule has 1 aliphatic heterocycles. The highest BCUT2D eigenvalue weighted by molar-refractivity contribution is 7.59. The van der Waals surface area contributed by atoms with Crippen molar-refractivity contribution in [3.05, 3.63) is 36.0 Å². The van der Waals surface area contributed by atoms with Gasteiger partial charge in [-0.1, -0.05) is 45.9 Å². The molecule has 45 heavy (non-hydrogen) atoms. The maximum Gasteiger partial charge on any atom is 0.408 e. The van der Waals surface area contributed by atoms with E-state index in [-0.39, 0.29) is 64.5 Å². The molecule has 11 nitrogen and oxygen atoms in total. The van der Waals surface area contributed by atoms with Gasteiger partial charge in [0.15, 0.2) is 5.15 Å². The quantitative estimate of drug-likeness (QED) is 0.184. The summed E-state index contributed by atoms with van der Waals surface area (Å²) < 4.78 is 22.0. The van der Waals surface area contributed by atoms with Crippen LogP contribution in [-0.2, 0) is 19.1 Å². The molecule has 1 N–H and O–H groups in total. The molecule has 2 aromatic rings. The number of alkyl carbamates (subject to hydrolysis) is 1. The number of benzene rings is 1. The highest BCUT2D eigenvalue weighted by Crippen LogP contribution is 2.38. The summed E-state index contributed by atoms with van der Waals surface area (Å²) in [5, 5.41) is 2.81. The van der Waals surface area contributed by atoms with Crippen LogP contribution in [0.4, 0.5) is 4.79 Å². The number of hydrogen-bond donors (Lipinski definition) is 1. The number of methoxy groups -OCH3 is 2. The largest absolute Gasteiger partial charge is 0.497 e. The fraction of sp³-hybridized carbons (Fsp3) is 0.581. The Morgan fingerprint density at radius 1 is 1.16 bits per heavy atom. The molecule has 2 unspecified atom stereocenters. The van der Waals surface area contributed by atoms with Crippen LogP contribution < -0.4 is 14.8 Å². The zero-order chi connectivity index (χ0) is 30.6. The van der Waals surface area contributed by atoms with Crippen molar-refractivity contribution in [2.24, 2.45) is 11.3 Å². The third-order valence-electron chi connectivity index (χ3n) is 7.57. The van der Waals surface area contributed by atoms with Crippen molar-refractivity contribution < 1.29 is 33.3 Å². The molecule has 1 saturated heterocycles. The van der Waals surface area contributed by atoms with Gasteiger partial charge in [-0.15, -0.1) is 6.58 Å². The van der Waals surface area contributed by atoms with Crippen LogP contribution in [0.15, 0.2) is 30.9 Å². The Labute approximate surface area is 284 Å². The number of allylic oxidation sites excluding steroid dienone is 1. The van der Waals surface area contributed by atoms with E-state index in [0.717, 1.165) is 25.7 Å². The summed E-state index contributed by atoms with van der Waals surface area (Å²) in [5.41, 5.74) is 0.386. The van der Waals surface area contributed by atoms with Gasteiger partial charge in [-0.25, -0.2) is 19.6 Å². The minimum atomic E-state index is -0.967. The Hall–Kier alpha value is -2.90. The first-order valence-corrected chi connectivity index (χ1v) is 14.5. The summed E-state index contributed by atoms with van der Waals surface area (Å²) in [6, 6.07) is 3.29. The SMILES string of the molecule is C.C=CCCC[C@@H]1CC1OC(=O)N[C@H](C(=O)N1CC(Oc2nc3cc(OC)ccc3nc2Cl)C[C@H]1C(=O)OC)C(C)(C)C.S.S. The summed E-state index contributed by atoms with van der Waals surface area (Å²) in [4.78, 5) is 49.8. The van der Waals surface area contributed by atoms with Crippen LogP contribution >= 0.6 is 38.6 Å². The van der Waals surface area contributed by atoms with Crippen LogP contribution in [0, 0.1) is 11.3 Å². The molecule has 2 amide bonds. The minimum absolute atomic E-state index is 0. The number of carbonyl (C=O) groups excluding carboxylic acids is 3. The molecule has 0 radical (unpaired) electrons. The van der Waals surface area contributed by atoms with Gasteiger partial charge in [0, 0.05) is 12.5 Å². The summed E-state index contributed by atoms with van der Waals surface area (Å²) in [7, 11) is 2.81. The highest BCUT2D eigenvalue weighted by Gasteiger charge is 2.47. The molecule has 2 aliphatic rings. The van der Waals surface area contributed by atoms with Crippen molar-refractivity contribution in [1.29, 1.82) is 0 Å². The van der Waals surface area contributed by atoms with E-state index in [4.69, 9.17) is 30.5 Å². The standard InChI is InChI=1S/C30H39ClN4O7.CH4.2H2S/c1-7-8-9-10-17-13-23(17)42-29(38)34-24(30(2,3)4)27(36)35-16-19(15-22(35)28(37)40-6)41-26-25(31)32-20-12-11-18(39-5)14-21(20)33-26;;;/h7,11-12,14,17,19,22-24H,1,8-10,13,15-16H2,2-6H3,(H,34,38);1H4;2*1H2/t17-,19?,22+,23?,24-;;;/m1.../s1. The third kappa shape index (κ3) is 10.0. The number of ether oxygens (including phenoxy) is 4. The van der Waals surface area contributed by atoms with Crippen LogP contribution in [0.25, 0.3) is 11.0 Å². The van der Waals surface area contributed by atoms with Crippen LogP contribution in [0.5, 0.6) is 11.6 Å². The predicted molar refractivity (Wildman–Crippen MR) is 184 cm³/mol. The zero-order valence-corrected chi connectivity index (χ0v) is 28.5. The van der Waals surface area contributed by atoms with Gasteiger partial charge >= 0.3 is 12.1 Å². The number of esters is 1. The molecule has 1 aromatic heterocycles. The summed E-state index contributed by atoms with van der Waals surface area (Å²) in [5.74, 6) is -0.0462. The molecule has 0 spiro atoms. The number of hydrogen-bond acceptors (Lipinski definition) is 9.